The predicted octanol–water partition coefficient (Wildman–Crippen LogP) is 3.03. The number of fused-ring (bicyclic) bond motifs is 3. The molecule has 0 spiro atoms. The van der Waals surface area contributed by atoms with Gasteiger partial charge in [0.1, 0.15) is 5.92 Å². The Labute approximate surface area is 128 Å². The van der Waals surface area contributed by atoms with Crippen molar-refractivity contribution in [3.8, 4) is 6.07 Å². The van der Waals surface area contributed by atoms with Gasteiger partial charge < -0.3 is 4.57 Å². The van der Waals surface area contributed by atoms with Gasteiger partial charge in [-0.05, 0) is 37.3 Å². The summed E-state index contributed by atoms with van der Waals surface area (Å²) >= 11 is 0. The highest BCUT2D eigenvalue weighted by Crippen LogP contribution is 2.41. The maximum atomic E-state index is 12.3. The van der Waals surface area contributed by atoms with Gasteiger partial charge in [0.2, 0.25) is 11.9 Å². The zero-order valence-corrected chi connectivity index (χ0v) is 12.1. The molecule has 5 heteroatoms. The van der Waals surface area contributed by atoms with Crippen LogP contribution in [0.4, 0.5) is 5.95 Å². The third kappa shape index (κ3) is 1.84. The van der Waals surface area contributed by atoms with Gasteiger partial charge in [0.25, 0.3) is 0 Å². The number of allylic oxidation sites excluding steroid dienone is 2. The van der Waals surface area contributed by atoms with Crippen molar-refractivity contribution in [3.63, 3.8) is 0 Å². The summed E-state index contributed by atoms with van der Waals surface area (Å²) in [5.74, 6) is -0.0409. The summed E-state index contributed by atoms with van der Waals surface area (Å²) in [6.07, 6.45) is 7.24. The molecule has 1 aromatic carbocycles. The summed E-state index contributed by atoms with van der Waals surface area (Å²) in [6.45, 7) is 0. The van der Waals surface area contributed by atoms with Gasteiger partial charge in [0.15, 0.2) is 0 Å². The lowest BCUT2D eigenvalue weighted by Crippen LogP contribution is -2.40. The summed E-state index contributed by atoms with van der Waals surface area (Å²) in [5, 5.41) is 12.3. The minimum atomic E-state index is -0.665. The molecule has 1 aliphatic carbocycles. The van der Waals surface area contributed by atoms with Gasteiger partial charge in [-0.2, -0.15) is 5.26 Å². The van der Waals surface area contributed by atoms with E-state index in [4.69, 9.17) is 0 Å². The summed E-state index contributed by atoms with van der Waals surface area (Å²) < 4.78 is 2.06. The van der Waals surface area contributed by atoms with E-state index in [9.17, 15) is 10.1 Å². The fraction of sp³-hybridized carbons (Fsp3) is 0.353. The molecule has 1 N–H and O–H groups in total. The quantitative estimate of drug-likeness (QED) is 0.821. The van der Waals surface area contributed by atoms with E-state index >= 15 is 0 Å². The fourth-order valence-corrected chi connectivity index (χ4v) is 3.67. The number of nitrogens with zero attached hydrogens (tertiary/aromatic N) is 3. The average molecular weight is 292 g/mol. The minimum Gasteiger partial charge on any atom is -0.305 e. The van der Waals surface area contributed by atoms with Crippen molar-refractivity contribution in [2.45, 2.75) is 25.3 Å². The molecule has 2 heterocycles. The van der Waals surface area contributed by atoms with Crippen molar-refractivity contribution >= 4 is 22.9 Å². The zero-order valence-electron chi connectivity index (χ0n) is 12.1. The smallest absolute Gasteiger partial charge is 0.246 e. The summed E-state index contributed by atoms with van der Waals surface area (Å²) in [4.78, 5) is 16.8. The van der Waals surface area contributed by atoms with Gasteiger partial charge in [-0.3, -0.25) is 10.1 Å². The standard InChI is InChI=1S/C17H16N4O/c18-10-12-15(11-6-2-1-3-7-11)21-14-9-5-4-8-13(14)19-17(21)20-16(12)22/h1-2,4-5,8-9,11-12,15H,3,6-7H2,(H,19,20,22). The lowest BCUT2D eigenvalue weighted by Gasteiger charge is -2.36. The van der Waals surface area contributed by atoms with Gasteiger partial charge in [-0.15, -0.1) is 0 Å². The first-order valence-corrected chi connectivity index (χ1v) is 7.62. The number of nitriles is 1. The number of carbonyl (C=O) groups excluding carboxylic acids is 1. The van der Waals surface area contributed by atoms with Gasteiger partial charge in [0.05, 0.1) is 23.1 Å². The van der Waals surface area contributed by atoms with Gasteiger partial charge in [0, 0.05) is 0 Å². The molecule has 1 aliphatic heterocycles. The van der Waals surface area contributed by atoms with Crippen LogP contribution in [0.3, 0.4) is 0 Å². The molecular formula is C17H16N4O. The minimum absolute atomic E-state index is 0.147. The Hall–Kier alpha value is -2.61. The maximum absolute atomic E-state index is 12.3. The van der Waals surface area contributed by atoms with Gasteiger partial charge >= 0.3 is 0 Å². The Bertz CT molecular complexity index is 814. The average Bonchev–Trinajstić information content (AvgIpc) is 2.92. The molecule has 0 bridgehead atoms. The zero-order chi connectivity index (χ0) is 15.1. The van der Waals surface area contributed by atoms with Crippen molar-refractivity contribution < 1.29 is 4.79 Å². The molecule has 2 aliphatic rings. The summed E-state index contributed by atoms with van der Waals surface area (Å²) in [7, 11) is 0. The molecule has 0 radical (unpaired) electrons. The number of para-hydroxylation sites is 2. The van der Waals surface area contributed by atoms with E-state index in [1.54, 1.807) is 0 Å². The third-order valence-electron chi connectivity index (χ3n) is 4.68. The molecule has 110 valence electrons. The number of amides is 1. The van der Waals surface area contributed by atoms with E-state index in [0.717, 1.165) is 30.3 Å². The van der Waals surface area contributed by atoms with Crippen LogP contribution in [0.2, 0.25) is 0 Å². The molecule has 2 aromatic rings. The van der Waals surface area contributed by atoms with Crippen LogP contribution in [0.15, 0.2) is 36.4 Å². The first-order valence-electron chi connectivity index (χ1n) is 7.62. The molecule has 3 unspecified atom stereocenters. The van der Waals surface area contributed by atoms with Crippen LogP contribution in [0.5, 0.6) is 0 Å². The van der Waals surface area contributed by atoms with E-state index < -0.39 is 5.92 Å². The van der Waals surface area contributed by atoms with E-state index in [1.165, 1.54) is 0 Å². The second kappa shape index (κ2) is 4.99. The number of rotatable bonds is 1. The van der Waals surface area contributed by atoms with Crippen molar-refractivity contribution in [3.05, 3.63) is 36.4 Å². The molecule has 0 saturated heterocycles. The van der Waals surface area contributed by atoms with Crippen molar-refractivity contribution in [1.29, 1.82) is 5.26 Å². The summed E-state index contributed by atoms with van der Waals surface area (Å²) in [6, 6.07) is 9.90. The number of hydrogen-bond donors (Lipinski definition) is 1. The van der Waals surface area contributed by atoms with Crippen LogP contribution in [0.1, 0.15) is 25.3 Å². The largest absolute Gasteiger partial charge is 0.305 e. The highest BCUT2D eigenvalue weighted by molar-refractivity contribution is 5.97. The second-order valence-corrected chi connectivity index (χ2v) is 5.93. The number of imidazole rings is 1. The van der Waals surface area contributed by atoms with Crippen molar-refractivity contribution in [1.82, 2.24) is 9.55 Å². The molecule has 0 saturated carbocycles. The van der Waals surface area contributed by atoms with Crippen LogP contribution < -0.4 is 5.32 Å². The number of benzene rings is 1. The molecule has 1 amide bonds. The Kier molecular flexibility index (Phi) is 2.97. The van der Waals surface area contributed by atoms with Crippen molar-refractivity contribution in [2.24, 2.45) is 11.8 Å². The van der Waals surface area contributed by atoms with E-state index in [0.29, 0.717) is 5.95 Å². The van der Waals surface area contributed by atoms with Crippen molar-refractivity contribution in [2.75, 3.05) is 5.32 Å². The predicted molar refractivity (Wildman–Crippen MR) is 83.0 cm³/mol. The Morgan fingerprint density at radius 3 is 2.95 bits per heavy atom. The number of anilines is 1. The Balaban J connectivity index is 1.92. The van der Waals surface area contributed by atoms with Gasteiger partial charge in [-0.1, -0.05) is 24.3 Å². The Morgan fingerprint density at radius 2 is 2.18 bits per heavy atom. The fourth-order valence-electron chi connectivity index (χ4n) is 3.67. The molecular weight excluding hydrogens is 276 g/mol. The van der Waals surface area contributed by atoms with Crippen LogP contribution in [-0.4, -0.2) is 15.5 Å². The lowest BCUT2D eigenvalue weighted by atomic mass is 9.80. The Morgan fingerprint density at radius 1 is 1.32 bits per heavy atom. The van der Waals surface area contributed by atoms with Crippen LogP contribution >= 0.6 is 0 Å². The van der Waals surface area contributed by atoms with E-state index in [1.807, 2.05) is 24.3 Å². The first-order chi connectivity index (χ1) is 10.8. The van der Waals surface area contributed by atoms with Gasteiger partial charge in [-0.25, -0.2) is 4.98 Å². The highest BCUT2D eigenvalue weighted by Gasteiger charge is 2.41. The number of aromatic nitrogens is 2. The normalized spacial score (nSPS) is 27.2. The van der Waals surface area contributed by atoms with Crippen LogP contribution in [0.25, 0.3) is 11.0 Å². The second-order valence-electron chi connectivity index (χ2n) is 5.93. The SMILES string of the molecule is N#CC1C(=O)Nc2nc3ccccc3n2C1C1CC=CCC1. The molecule has 4 rings (SSSR count). The molecule has 1 aromatic heterocycles. The monoisotopic (exact) mass is 292 g/mol. The molecule has 22 heavy (non-hydrogen) atoms. The highest BCUT2D eigenvalue weighted by atomic mass is 16.2. The van der Waals surface area contributed by atoms with Crippen LogP contribution in [-0.2, 0) is 4.79 Å². The number of nitrogens with one attached hydrogen (secondary N) is 1. The van der Waals surface area contributed by atoms with Crippen LogP contribution in [0, 0.1) is 23.2 Å². The molecule has 0 fully saturated rings. The molecule has 3 atom stereocenters. The topological polar surface area (TPSA) is 70.7 Å². The summed E-state index contributed by atoms with van der Waals surface area (Å²) in [5.41, 5.74) is 1.84. The first kappa shape index (κ1) is 13.1. The van der Waals surface area contributed by atoms with E-state index in [-0.39, 0.29) is 17.9 Å². The number of carbonyl (C=O) groups is 1. The van der Waals surface area contributed by atoms with E-state index in [2.05, 4.69) is 33.1 Å². The number of hydrogen-bond acceptors (Lipinski definition) is 3. The molecule has 5 nitrogen and oxygen atoms in total. The third-order valence-corrected chi connectivity index (χ3v) is 4.68. The lowest BCUT2D eigenvalue weighted by molar-refractivity contribution is -0.120. The maximum Gasteiger partial charge on any atom is 0.246 e.